The molecule has 5 heteroatoms. The largest absolute Gasteiger partial charge is 0.341 e. The van der Waals surface area contributed by atoms with Gasteiger partial charge < -0.3 is 15.1 Å². The highest BCUT2D eigenvalue weighted by atomic mass is 16.2. The number of amides is 3. The van der Waals surface area contributed by atoms with E-state index in [-0.39, 0.29) is 11.9 Å². The number of rotatable bonds is 4. The van der Waals surface area contributed by atoms with Crippen LogP contribution in [0.25, 0.3) is 0 Å². The number of hydrogen-bond donors (Lipinski definition) is 1. The van der Waals surface area contributed by atoms with E-state index in [1.807, 2.05) is 35.2 Å². The van der Waals surface area contributed by atoms with Gasteiger partial charge in [0.15, 0.2) is 0 Å². The molecule has 1 aliphatic rings. The van der Waals surface area contributed by atoms with Crippen LogP contribution in [0.5, 0.6) is 0 Å². The Kier molecular flexibility index (Phi) is 4.39. The summed E-state index contributed by atoms with van der Waals surface area (Å²) in [6, 6.07) is 9.18. The van der Waals surface area contributed by atoms with Crippen LogP contribution in [0.15, 0.2) is 30.3 Å². The molecule has 1 aromatic carbocycles. The van der Waals surface area contributed by atoms with Gasteiger partial charge in [-0.15, -0.1) is 0 Å². The number of urea groups is 1. The maximum absolute atomic E-state index is 11.9. The molecule has 3 amide bonds. The lowest BCUT2D eigenvalue weighted by Crippen LogP contribution is -2.38. The van der Waals surface area contributed by atoms with Crippen LogP contribution in [0.3, 0.4) is 0 Å². The van der Waals surface area contributed by atoms with E-state index in [0.717, 1.165) is 18.7 Å². The fourth-order valence-electron chi connectivity index (χ4n) is 2.05. The van der Waals surface area contributed by atoms with Crippen LogP contribution in [0, 0.1) is 0 Å². The molecule has 0 bridgehead atoms. The zero-order chi connectivity index (χ0) is 13.7. The summed E-state index contributed by atoms with van der Waals surface area (Å²) in [4.78, 5) is 26.8. The Bertz CT molecular complexity index is 447. The van der Waals surface area contributed by atoms with Gasteiger partial charge in [-0.25, -0.2) is 4.79 Å². The number of nitrogens with one attached hydrogen (secondary N) is 1. The van der Waals surface area contributed by atoms with Crippen molar-refractivity contribution in [2.75, 3.05) is 32.0 Å². The van der Waals surface area contributed by atoms with Gasteiger partial charge in [0.2, 0.25) is 5.91 Å². The Morgan fingerprint density at radius 1 is 1.37 bits per heavy atom. The van der Waals surface area contributed by atoms with Crippen LogP contribution in [-0.4, -0.2) is 48.4 Å². The molecule has 0 atom stereocenters. The number of carbonyl (C=O) groups excluding carboxylic acids is 2. The first-order chi connectivity index (χ1) is 9.16. The molecular weight excluding hydrogens is 242 g/mol. The molecule has 2 rings (SSSR count). The SMILES string of the molecule is CN(CCN1CCCC1=O)C(=O)Nc1ccccc1. The summed E-state index contributed by atoms with van der Waals surface area (Å²) in [6.07, 6.45) is 1.57. The van der Waals surface area contributed by atoms with Crippen LogP contribution < -0.4 is 5.32 Å². The number of anilines is 1. The molecule has 1 N–H and O–H groups in total. The molecule has 1 saturated heterocycles. The fraction of sp³-hybridized carbons (Fsp3) is 0.429. The average molecular weight is 261 g/mol. The Hall–Kier alpha value is -2.04. The van der Waals surface area contributed by atoms with Crippen molar-refractivity contribution in [3.05, 3.63) is 30.3 Å². The minimum Gasteiger partial charge on any atom is -0.341 e. The summed E-state index contributed by atoms with van der Waals surface area (Å²) < 4.78 is 0. The Balaban J connectivity index is 1.78. The van der Waals surface area contributed by atoms with E-state index in [4.69, 9.17) is 0 Å². The van der Waals surface area contributed by atoms with Crippen LogP contribution in [0.1, 0.15) is 12.8 Å². The predicted molar refractivity (Wildman–Crippen MR) is 73.9 cm³/mol. The summed E-state index contributed by atoms with van der Waals surface area (Å²) in [5.41, 5.74) is 0.775. The molecule has 1 heterocycles. The number of benzene rings is 1. The highest BCUT2D eigenvalue weighted by Gasteiger charge is 2.20. The van der Waals surface area contributed by atoms with E-state index < -0.39 is 0 Å². The second-order valence-corrected chi connectivity index (χ2v) is 4.70. The summed E-state index contributed by atoms with van der Waals surface area (Å²) in [5.74, 6) is 0.192. The van der Waals surface area contributed by atoms with E-state index in [2.05, 4.69) is 5.32 Å². The van der Waals surface area contributed by atoms with E-state index >= 15 is 0 Å². The molecule has 0 saturated carbocycles. The number of hydrogen-bond acceptors (Lipinski definition) is 2. The first-order valence-electron chi connectivity index (χ1n) is 6.52. The molecule has 19 heavy (non-hydrogen) atoms. The summed E-state index contributed by atoms with van der Waals surface area (Å²) in [5, 5.41) is 2.81. The molecule has 0 aromatic heterocycles. The Morgan fingerprint density at radius 2 is 2.11 bits per heavy atom. The van der Waals surface area contributed by atoms with Crippen LogP contribution in [0.2, 0.25) is 0 Å². The predicted octanol–water partition coefficient (Wildman–Crippen LogP) is 1.77. The normalized spacial score (nSPS) is 14.6. The average Bonchev–Trinajstić information content (AvgIpc) is 2.82. The third-order valence-electron chi connectivity index (χ3n) is 3.25. The van der Waals surface area contributed by atoms with Crippen molar-refractivity contribution in [3.8, 4) is 0 Å². The molecule has 0 spiro atoms. The van der Waals surface area contributed by atoms with E-state index in [9.17, 15) is 9.59 Å². The van der Waals surface area contributed by atoms with Gasteiger partial charge in [0.1, 0.15) is 0 Å². The lowest BCUT2D eigenvalue weighted by atomic mass is 10.3. The molecular formula is C14H19N3O2. The standard InChI is InChI=1S/C14H19N3O2/c1-16(10-11-17-9-5-8-13(17)18)14(19)15-12-6-3-2-4-7-12/h2-4,6-7H,5,8-11H2,1H3,(H,15,19). The van der Waals surface area contributed by atoms with E-state index in [0.29, 0.717) is 19.5 Å². The third kappa shape index (κ3) is 3.71. The zero-order valence-corrected chi connectivity index (χ0v) is 11.1. The summed E-state index contributed by atoms with van der Waals surface area (Å²) >= 11 is 0. The molecule has 0 aliphatic carbocycles. The molecule has 5 nitrogen and oxygen atoms in total. The Morgan fingerprint density at radius 3 is 2.74 bits per heavy atom. The van der Waals surface area contributed by atoms with Crippen LogP contribution in [0.4, 0.5) is 10.5 Å². The van der Waals surface area contributed by atoms with Crippen molar-refractivity contribution in [1.82, 2.24) is 9.80 Å². The lowest BCUT2D eigenvalue weighted by Gasteiger charge is -2.22. The first-order valence-corrected chi connectivity index (χ1v) is 6.52. The van der Waals surface area contributed by atoms with Crippen molar-refractivity contribution >= 4 is 17.6 Å². The van der Waals surface area contributed by atoms with Gasteiger partial charge >= 0.3 is 6.03 Å². The molecule has 1 aromatic rings. The van der Waals surface area contributed by atoms with Crippen molar-refractivity contribution in [1.29, 1.82) is 0 Å². The Labute approximate surface area is 113 Å². The fourth-order valence-corrected chi connectivity index (χ4v) is 2.05. The van der Waals surface area contributed by atoms with Crippen molar-refractivity contribution < 1.29 is 9.59 Å². The first kappa shape index (κ1) is 13.4. The highest BCUT2D eigenvalue weighted by molar-refractivity contribution is 5.89. The van der Waals surface area contributed by atoms with Crippen molar-refractivity contribution in [3.63, 3.8) is 0 Å². The van der Waals surface area contributed by atoms with Crippen LogP contribution >= 0.6 is 0 Å². The molecule has 1 aliphatic heterocycles. The van der Waals surface area contributed by atoms with Gasteiger partial charge in [0.05, 0.1) is 0 Å². The van der Waals surface area contributed by atoms with Gasteiger partial charge in [0.25, 0.3) is 0 Å². The minimum atomic E-state index is -0.155. The lowest BCUT2D eigenvalue weighted by molar-refractivity contribution is -0.127. The number of likely N-dealkylation sites (tertiary alicyclic amines) is 1. The third-order valence-corrected chi connectivity index (χ3v) is 3.25. The minimum absolute atomic E-state index is 0.155. The summed E-state index contributed by atoms with van der Waals surface area (Å²) in [6.45, 7) is 1.97. The van der Waals surface area contributed by atoms with Gasteiger partial charge in [-0.3, -0.25) is 4.79 Å². The van der Waals surface area contributed by atoms with Gasteiger partial charge in [-0.2, -0.15) is 0 Å². The number of nitrogens with zero attached hydrogens (tertiary/aromatic N) is 2. The van der Waals surface area contributed by atoms with Gasteiger partial charge in [0, 0.05) is 38.8 Å². The summed E-state index contributed by atoms with van der Waals surface area (Å²) in [7, 11) is 1.73. The number of para-hydroxylation sites is 1. The number of likely N-dealkylation sites (N-methyl/N-ethyl adjacent to an activating group) is 1. The second kappa shape index (κ2) is 6.22. The van der Waals surface area contributed by atoms with Gasteiger partial charge in [-0.1, -0.05) is 18.2 Å². The molecule has 0 unspecified atom stereocenters. The molecule has 1 fully saturated rings. The maximum Gasteiger partial charge on any atom is 0.321 e. The van der Waals surface area contributed by atoms with Gasteiger partial charge in [-0.05, 0) is 18.6 Å². The van der Waals surface area contributed by atoms with Crippen LogP contribution in [-0.2, 0) is 4.79 Å². The smallest absolute Gasteiger partial charge is 0.321 e. The topological polar surface area (TPSA) is 52.7 Å². The molecule has 102 valence electrons. The van der Waals surface area contributed by atoms with Crippen molar-refractivity contribution in [2.45, 2.75) is 12.8 Å². The maximum atomic E-state index is 11.9. The zero-order valence-electron chi connectivity index (χ0n) is 11.1. The van der Waals surface area contributed by atoms with Crippen molar-refractivity contribution in [2.24, 2.45) is 0 Å². The number of carbonyl (C=O) groups is 2. The molecule has 0 radical (unpaired) electrons. The quantitative estimate of drug-likeness (QED) is 0.898. The second-order valence-electron chi connectivity index (χ2n) is 4.70. The monoisotopic (exact) mass is 261 g/mol. The van der Waals surface area contributed by atoms with E-state index in [1.165, 1.54) is 0 Å². The van der Waals surface area contributed by atoms with E-state index in [1.54, 1.807) is 11.9 Å². The highest BCUT2D eigenvalue weighted by Crippen LogP contribution is 2.09.